The number of likely N-dealkylation sites (tertiary alicyclic amines) is 1. The van der Waals surface area contributed by atoms with E-state index < -0.39 is 0 Å². The average molecular weight is 383 g/mol. The van der Waals surface area contributed by atoms with E-state index in [-0.39, 0.29) is 11.4 Å². The van der Waals surface area contributed by atoms with Crippen molar-refractivity contribution in [3.63, 3.8) is 0 Å². The van der Waals surface area contributed by atoms with E-state index in [0.29, 0.717) is 18.4 Å². The fourth-order valence-electron chi connectivity index (χ4n) is 4.49. The van der Waals surface area contributed by atoms with Crippen LogP contribution < -0.4 is 5.32 Å². The van der Waals surface area contributed by atoms with Crippen LogP contribution in [0.15, 0.2) is 30.5 Å². The average Bonchev–Trinajstić information content (AvgIpc) is 2.94. The molecule has 1 N–H and O–H groups in total. The minimum Gasteiger partial charge on any atom is -0.350 e. The lowest BCUT2D eigenvalue weighted by Crippen LogP contribution is -2.56. The highest BCUT2D eigenvalue weighted by Gasteiger charge is 2.33. The fourth-order valence-corrected chi connectivity index (χ4v) is 4.49. The van der Waals surface area contributed by atoms with Gasteiger partial charge in [0, 0.05) is 42.8 Å². The van der Waals surface area contributed by atoms with Crippen molar-refractivity contribution in [1.82, 2.24) is 19.8 Å². The van der Waals surface area contributed by atoms with Crippen LogP contribution in [-0.4, -0.2) is 45.5 Å². The van der Waals surface area contributed by atoms with E-state index in [2.05, 4.69) is 42.9 Å². The standard InChI is InChI=1S/C23H34N4O/c1-16-11-17(2)14-26(13-16)23(5,6)15-25-22(28)20-12-18(3)27(19(20)4)21-9-7-8-10-24-21/h7-10,12,16-17H,11,13-15H2,1-6H3,(H,25,28). The first-order chi connectivity index (χ1) is 13.2. The number of rotatable bonds is 5. The summed E-state index contributed by atoms with van der Waals surface area (Å²) in [5.41, 5.74) is 2.59. The summed E-state index contributed by atoms with van der Waals surface area (Å²) in [7, 11) is 0. The Morgan fingerprint density at radius 2 is 1.89 bits per heavy atom. The first kappa shape index (κ1) is 20.6. The molecule has 2 atom stereocenters. The zero-order valence-electron chi connectivity index (χ0n) is 18.1. The van der Waals surface area contributed by atoms with E-state index >= 15 is 0 Å². The third kappa shape index (κ3) is 4.30. The molecule has 28 heavy (non-hydrogen) atoms. The number of hydrogen-bond donors (Lipinski definition) is 1. The largest absolute Gasteiger partial charge is 0.350 e. The van der Waals surface area contributed by atoms with Crippen LogP contribution in [0.25, 0.3) is 5.82 Å². The molecule has 0 aliphatic carbocycles. The van der Waals surface area contributed by atoms with E-state index in [4.69, 9.17) is 0 Å². The molecule has 5 nitrogen and oxygen atoms in total. The third-order valence-corrected chi connectivity index (χ3v) is 5.96. The highest BCUT2D eigenvalue weighted by Crippen LogP contribution is 2.27. The summed E-state index contributed by atoms with van der Waals surface area (Å²) in [5.74, 6) is 2.24. The van der Waals surface area contributed by atoms with Crippen molar-refractivity contribution in [2.45, 2.75) is 53.5 Å². The van der Waals surface area contributed by atoms with Gasteiger partial charge in [-0.2, -0.15) is 0 Å². The van der Waals surface area contributed by atoms with Gasteiger partial charge in [0.05, 0.1) is 5.56 Å². The summed E-state index contributed by atoms with van der Waals surface area (Å²) >= 11 is 0. The molecule has 1 aliphatic rings. The SMILES string of the molecule is Cc1cc(C(=O)NCC(C)(C)N2CC(C)CC(C)C2)c(C)n1-c1ccccn1. The van der Waals surface area contributed by atoms with Crippen molar-refractivity contribution in [3.8, 4) is 5.82 Å². The molecule has 1 fully saturated rings. The second kappa shape index (κ2) is 8.08. The first-order valence-corrected chi connectivity index (χ1v) is 10.3. The topological polar surface area (TPSA) is 50.2 Å². The van der Waals surface area contributed by atoms with Crippen LogP contribution in [0.4, 0.5) is 0 Å². The van der Waals surface area contributed by atoms with E-state index in [1.807, 2.05) is 42.7 Å². The fraction of sp³-hybridized carbons (Fsp3) is 0.565. The van der Waals surface area contributed by atoms with Crippen LogP contribution in [0.5, 0.6) is 0 Å². The molecular formula is C23H34N4O. The maximum atomic E-state index is 13.0. The van der Waals surface area contributed by atoms with Gasteiger partial charge in [0.2, 0.25) is 0 Å². The van der Waals surface area contributed by atoms with Gasteiger partial charge in [-0.3, -0.25) is 9.69 Å². The second-order valence-electron chi connectivity index (χ2n) is 9.15. The third-order valence-electron chi connectivity index (χ3n) is 5.96. The molecule has 0 radical (unpaired) electrons. The molecule has 1 aliphatic heterocycles. The lowest BCUT2D eigenvalue weighted by Gasteiger charge is -2.45. The highest BCUT2D eigenvalue weighted by atomic mass is 16.1. The Hall–Kier alpha value is -2.14. The normalized spacial score (nSPS) is 20.9. The summed E-state index contributed by atoms with van der Waals surface area (Å²) in [6.07, 6.45) is 3.07. The molecule has 2 unspecified atom stereocenters. The molecular weight excluding hydrogens is 348 g/mol. The van der Waals surface area contributed by atoms with E-state index in [1.165, 1.54) is 6.42 Å². The molecule has 0 aromatic carbocycles. The highest BCUT2D eigenvalue weighted by molar-refractivity contribution is 5.96. The van der Waals surface area contributed by atoms with Crippen molar-refractivity contribution in [1.29, 1.82) is 0 Å². The Morgan fingerprint density at radius 1 is 1.21 bits per heavy atom. The molecule has 152 valence electrons. The van der Waals surface area contributed by atoms with Crippen molar-refractivity contribution in [2.24, 2.45) is 11.8 Å². The number of amides is 1. The number of aryl methyl sites for hydroxylation is 1. The van der Waals surface area contributed by atoms with Crippen LogP contribution in [0.3, 0.4) is 0 Å². The number of carbonyl (C=O) groups is 1. The van der Waals surface area contributed by atoms with Crippen molar-refractivity contribution < 1.29 is 4.79 Å². The molecule has 0 bridgehead atoms. The Bertz CT molecular complexity index is 815. The van der Waals surface area contributed by atoms with Gasteiger partial charge in [0.1, 0.15) is 5.82 Å². The van der Waals surface area contributed by atoms with Gasteiger partial charge >= 0.3 is 0 Å². The van der Waals surface area contributed by atoms with Gasteiger partial charge in [0.25, 0.3) is 5.91 Å². The summed E-state index contributed by atoms with van der Waals surface area (Å²) < 4.78 is 2.04. The Morgan fingerprint density at radius 3 is 2.50 bits per heavy atom. The number of nitrogens with zero attached hydrogens (tertiary/aromatic N) is 3. The zero-order chi connectivity index (χ0) is 20.5. The zero-order valence-corrected chi connectivity index (χ0v) is 18.1. The molecule has 0 saturated carbocycles. The van der Waals surface area contributed by atoms with Crippen LogP contribution in [-0.2, 0) is 0 Å². The molecule has 2 aromatic heterocycles. The Kier molecular flexibility index (Phi) is 5.94. The van der Waals surface area contributed by atoms with Gasteiger partial charge in [-0.05, 0) is 64.2 Å². The smallest absolute Gasteiger partial charge is 0.253 e. The monoisotopic (exact) mass is 382 g/mol. The predicted molar refractivity (Wildman–Crippen MR) is 114 cm³/mol. The Labute approximate surface area is 169 Å². The van der Waals surface area contributed by atoms with Gasteiger partial charge in [-0.25, -0.2) is 4.98 Å². The first-order valence-electron chi connectivity index (χ1n) is 10.3. The van der Waals surface area contributed by atoms with E-state index in [1.54, 1.807) is 6.20 Å². The molecule has 3 heterocycles. The molecule has 1 saturated heterocycles. The van der Waals surface area contributed by atoms with Crippen LogP contribution in [0.1, 0.15) is 55.9 Å². The summed E-state index contributed by atoms with van der Waals surface area (Å²) in [5, 5.41) is 3.18. The maximum absolute atomic E-state index is 13.0. The maximum Gasteiger partial charge on any atom is 0.253 e. The summed E-state index contributed by atoms with van der Waals surface area (Å²) in [4.78, 5) is 19.9. The number of nitrogens with one attached hydrogen (secondary N) is 1. The van der Waals surface area contributed by atoms with Crippen molar-refractivity contribution in [2.75, 3.05) is 19.6 Å². The van der Waals surface area contributed by atoms with Crippen molar-refractivity contribution >= 4 is 5.91 Å². The quantitative estimate of drug-likeness (QED) is 0.851. The van der Waals surface area contributed by atoms with Gasteiger partial charge in [-0.15, -0.1) is 0 Å². The minimum absolute atomic E-state index is 0.0125. The second-order valence-corrected chi connectivity index (χ2v) is 9.15. The van der Waals surface area contributed by atoms with Gasteiger partial charge in [0.15, 0.2) is 0 Å². The molecule has 1 amide bonds. The predicted octanol–water partition coefficient (Wildman–Crippen LogP) is 3.98. The van der Waals surface area contributed by atoms with E-state index in [0.717, 1.165) is 35.9 Å². The molecule has 3 rings (SSSR count). The molecule has 0 spiro atoms. The van der Waals surface area contributed by atoms with E-state index in [9.17, 15) is 4.79 Å². The number of hydrogen-bond acceptors (Lipinski definition) is 3. The van der Waals surface area contributed by atoms with Crippen molar-refractivity contribution in [3.05, 3.63) is 47.4 Å². The van der Waals surface area contributed by atoms with Crippen LogP contribution >= 0.6 is 0 Å². The molecule has 2 aromatic rings. The number of pyridine rings is 1. The van der Waals surface area contributed by atoms with Gasteiger partial charge in [-0.1, -0.05) is 19.9 Å². The summed E-state index contributed by atoms with van der Waals surface area (Å²) in [6.45, 7) is 15.9. The summed E-state index contributed by atoms with van der Waals surface area (Å²) in [6, 6.07) is 7.78. The Balaban J connectivity index is 1.72. The number of carbonyl (C=O) groups excluding carboxylic acids is 1. The minimum atomic E-state index is -0.0644. The molecule has 5 heteroatoms. The lowest BCUT2D eigenvalue weighted by atomic mass is 9.88. The number of piperidine rings is 1. The van der Waals surface area contributed by atoms with Crippen LogP contribution in [0.2, 0.25) is 0 Å². The van der Waals surface area contributed by atoms with Crippen LogP contribution in [0, 0.1) is 25.7 Å². The van der Waals surface area contributed by atoms with Gasteiger partial charge < -0.3 is 9.88 Å². The number of aromatic nitrogens is 2. The lowest BCUT2D eigenvalue weighted by molar-refractivity contribution is 0.0445.